The zero-order valence-corrected chi connectivity index (χ0v) is 13.9. The van der Waals surface area contributed by atoms with E-state index in [0.717, 1.165) is 23.1 Å². The number of benzene rings is 1. The maximum absolute atomic E-state index is 12.8. The molecule has 0 bridgehead atoms. The average molecular weight is 382 g/mol. The predicted molar refractivity (Wildman–Crippen MR) is 86.2 cm³/mol. The lowest BCUT2D eigenvalue weighted by atomic mass is 10.1. The highest BCUT2D eigenvalue weighted by Gasteiger charge is 2.34. The SMILES string of the molecule is Cc1ccoc1C(=O)OCC(=O)N1CC(=O)Nc2cc(C(F)(F)F)ccc21. The predicted octanol–water partition coefficient (Wildman–Crippen LogP) is 2.75. The lowest BCUT2D eigenvalue weighted by molar-refractivity contribution is -0.137. The molecule has 142 valence electrons. The van der Waals surface area contributed by atoms with Gasteiger partial charge in [0.2, 0.25) is 11.7 Å². The summed E-state index contributed by atoms with van der Waals surface area (Å²) >= 11 is 0. The molecular weight excluding hydrogens is 369 g/mol. The van der Waals surface area contributed by atoms with Gasteiger partial charge < -0.3 is 14.5 Å². The van der Waals surface area contributed by atoms with Crippen molar-refractivity contribution in [2.24, 2.45) is 0 Å². The normalized spacial score (nSPS) is 13.8. The first-order valence-corrected chi connectivity index (χ1v) is 7.69. The van der Waals surface area contributed by atoms with Crippen molar-refractivity contribution in [1.29, 1.82) is 0 Å². The zero-order valence-electron chi connectivity index (χ0n) is 13.9. The molecule has 1 aromatic heterocycles. The molecular formula is C17H13F3N2O5. The molecule has 0 saturated carbocycles. The molecule has 2 aromatic rings. The molecule has 0 unspecified atom stereocenters. The zero-order chi connectivity index (χ0) is 19.8. The van der Waals surface area contributed by atoms with E-state index in [9.17, 15) is 27.6 Å². The summed E-state index contributed by atoms with van der Waals surface area (Å²) in [6, 6.07) is 4.16. The number of carbonyl (C=O) groups is 3. The monoisotopic (exact) mass is 382 g/mol. The van der Waals surface area contributed by atoms with E-state index in [1.807, 2.05) is 0 Å². The summed E-state index contributed by atoms with van der Waals surface area (Å²) in [5.41, 5.74) is -0.508. The third-order valence-electron chi connectivity index (χ3n) is 3.87. The number of alkyl halides is 3. The minimum Gasteiger partial charge on any atom is -0.457 e. The highest BCUT2D eigenvalue weighted by molar-refractivity contribution is 6.10. The number of fused-ring (bicyclic) bond motifs is 1. The summed E-state index contributed by atoms with van der Waals surface area (Å²) in [6.45, 7) is 0.507. The molecule has 3 rings (SSSR count). The molecule has 2 amide bonds. The number of hydrogen-bond acceptors (Lipinski definition) is 5. The van der Waals surface area contributed by atoms with Gasteiger partial charge in [-0.1, -0.05) is 0 Å². The van der Waals surface area contributed by atoms with Gasteiger partial charge in [-0.25, -0.2) is 4.79 Å². The second-order valence-corrected chi connectivity index (χ2v) is 5.77. The van der Waals surface area contributed by atoms with Gasteiger partial charge in [-0.15, -0.1) is 0 Å². The molecule has 0 fully saturated rings. The number of furan rings is 1. The minimum absolute atomic E-state index is 0.0607. The van der Waals surface area contributed by atoms with E-state index >= 15 is 0 Å². The van der Waals surface area contributed by atoms with Crippen molar-refractivity contribution in [2.45, 2.75) is 13.1 Å². The Morgan fingerprint density at radius 3 is 2.67 bits per heavy atom. The Morgan fingerprint density at radius 1 is 1.30 bits per heavy atom. The fourth-order valence-corrected chi connectivity index (χ4v) is 2.54. The molecule has 1 aliphatic rings. The highest BCUT2D eigenvalue weighted by atomic mass is 19.4. The molecule has 0 atom stereocenters. The van der Waals surface area contributed by atoms with E-state index < -0.39 is 42.7 Å². The fourth-order valence-electron chi connectivity index (χ4n) is 2.54. The van der Waals surface area contributed by atoms with E-state index in [1.165, 1.54) is 6.26 Å². The van der Waals surface area contributed by atoms with Crippen LogP contribution in [0.3, 0.4) is 0 Å². The Bertz CT molecular complexity index is 920. The van der Waals surface area contributed by atoms with Crippen molar-refractivity contribution in [3.05, 3.63) is 47.4 Å². The standard InChI is InChI=1S/C17H13F3N2O5/c1-9-4-5-26-15(9)16(25)27-8-14(24)22-7-13(23)21-11-6-10(17(18,19)20)2-3-12(11)22/h2-6H,7-8H2,1H3,(H,21,23). The van der Waals surface area contributed by atoms with Crippen LogP contribution in [0.25, 0.3) is 0 Å². The number of carbonyl (C=O) groups excluding carboxylic acids is 3. The first kappa shape index (κ1) is 18.5. The molecule has 10 heteroatoms. The van der Waals surface area contributed by atoms with Crippen LogP contribution in [0.5, 0.6) is 0 Å². The Kier molecular flexibility index (Phi) is 4.64. The van der Waals surface area contributed by atoms with Crippen molar-refractivity contribution in [3.8, 4) is 0 Å². The van der Waals surface area contributed by atoms with Gasteiger partial charge in [0.05, 0.1) is 23.2 Å². The number of nitrogens with zero attached hydrogens (tertiary/aromatic N) is 1. The van der Waals surface area contributed by atoms with E-state index in [2.05, 4.69) is 5.32 Å². The molecule has 0 spiro atoms. The quantitative estimate of drug-likeness (QED) is 0.825. The summed E-state index contributed by atoms with van der Waals surface area (Å²) in [7, 11) is 0. The van der Waals surface area contributed by atoms with Crippen LogP contribution in [-0.4, -0.2) is 30.9 Å². The van der Waals surface area contributed by atoms with Crippen molar-refractivity contribution in [1.82, 2.24) is 0 Å². The van der Waals surface area contributed by atoms with Gasteiger partial charge in [0.25, 0.3) is 5.91 Å². The number of esters is 1. The molecule has 1 aromatic carbocycles. The number of anilines is 2. The Balaban J connectivity index is 1.77. The van der Waals surface area contributed by atoms with Gasteiger partial charge in [-0.2, -0.15) is 13.2 Å². The second kappa shape index (κ2) is 6.78. The van der Waals surface area contributed by atoms with Gasteiger partial charge in [-0.05, 0) is 31.2 Å². The summed E-state index contributed by atoms with van der Waals surface area (Å²) in [4.78, 5) is 37.0. The van der Waals surface area contributed by atoms with E-state index in [-0.39, 0.29) is 17.1 Å². The van der Waals surface area contributed by atoms with Crippen molar-refractivity contribution >= 4 is 29.2 Å². The molecule has 2 heterocycles. The molecule has 0 saturated heterocycles. The van der Waals surface area contributed by atoms with Gasteiger partial charge in [0.15, 0.2) is 6.61 Å². The molecule has 27 heavy (non-hydrogen) atoms. The Labute approximate surface area is 150 Å². The van der Waals surface area contributed by atoms with E-state index in [0.29, 0.717) is 5.56 Å². The summed E-state index contributed by atoms with van der Waals surface area (Å²) in [5.74, 6) is -2.35. The third-order valence-corrected chi connectivity index (χ3v) is 3.87. The fraction of sp³-hybridized carbons (Fsp3) is 0.235. The van der Waals surface area contributed by atoms with Gasteiger partial charge in [0.1, 0.15) is 6.54 Å². The van der Waals surface area contributed by atoms with Crippen LogP contribution in [0.4, 0.5) is 24.5 Å². The van der Waals surface area contributed by atoms with Crippen LogP contribution < -0.4 is 10.2 Å². The largest absolute Gasteiger partial charge is 0.457 e. The highest BCUT2D eigenvalue weighted by Crippen LogP contribution is 2.36. The average Bonchev–Trinajstić information content (AvgIpc) is 3.03. The van der Waals surface area contributed by atoms with E-state index in [4.69, 9.17) is 9.15 Å². The van der Waals surface area contributed by atoms with Crippen molar-refractivity contribution in [3.63, 3.8) is 0 Å². The lowest BCUT2D eigenvalue weighted by Gasteiger charge is -2.29. The molecule has 0 aliphatic carbocycles. The number of amides is 2. The summed E-state index contributed by atoms with van der Waals surface area (Å²) in [6.07, 6.45) is -3.31. The van der Waals surface area contributed by atoms with Crippen LogP contribution in [0, 0.1) is 6.92 Å². The van der Waals surface area contributed by atoms with Crippen molar-refractivity contribution < 1.29 is 36.7 Å². The first-order valence-electron chi connectivity index (χ1n) is 7.69. The van der Waals surface area contributed by atoms with Crippen LogP contribution >= 0.6 is 0 Å². The van der Waals surface area contributed by atoms with Crippen LogP contribution in [0.1, 0.15) is 21.7 Å². The smallest absolute Gasteiger partial charge is 0.416 e. The lowest BCUT2D eigenvalue weighted by Crippen LogP contribution is -2.44. The minimum atomic E-state index is -4.59. The topological polar surface area (TPSA) is 88.8 Å². The maximum Gasteiger partial charge on any atom is 0.416 e. The molecule has 1 N–H and O–H groups in total. The molecule has 1 aliphatic heterocycles. The van der Waals surface area contributed by atoms with Gasteiger partial charge in [-0.3, -0.25) is 14.5 Å². The van der Waals surface area contributed by atoms with E-state index in [1.54, 1.807) is 13.0 Å². The maximum atomic E-state index is 12.8. The Hall–Kier alpha value is -3.30. The number of ether oxygens (including phenoxy) is 1. The second-order valence-electron chi connectivity index (χ2n) is 5.77. The van der Waals surface area contributed by atoms with Crippen molar-refractivity contribution in [2.75, 3.05) is 23.4 Å². The third kappa shape index (κ3) is 3.78. The first-order chi connectivity index (χ1) is 12.7. The number of halogens is 3. The van der Waals surface area contributed by atoms with Crippen LogP contribution in [0.15, 0.2) is 34.9 Å². The summed E-state index contributed by atoms with van der Waals surface area (Å²) in [5, 5.41) is 2.30. The summed E-state index contributed by atoms with van der Waals surface area (Å²) < 4.78 is 48.3. The Morgan fingerprint density at radius 2 is 2.04 bits per heavy atom. The van der Waals surface area contributed by atoms with Gasteiger partial charge in [0, 0.05) is 5.56 Å². The van der Waals surface area contributed by atoms with Gasteiger partial charge >= 0.3 is 12.1 Å². The number of aryl methyl sites for hydroxylation is 1. The number of rotatable bonds is 3. The number of nitrogens with one attached hydrogen (secondary N) is 1. The number of hydrogen-bond donors (Lipinski definition) is 1. The van der Waals surface area contributed by atoms with Crippen LogP contribution in [-0.2, 0) is 20.5 Å². The molecule has 7 nitrogen and oxygen atoms in total. The van der Waals surface area contributed by atoms with Crippen LogP contribution in [0.2, 0.25) is 0 Å². The molecule has 0 radical (unpaired) electrons.